The van der Waals surface area contributed by atoms with Gasteiger partial charge in [0.1, 0.15) is 23.9 Å². The van der Waals surface area contributed by atoms with Crippen LogP contribution in [0.2, 0.25) is 0 Å². The zero-order valence-electron chi connectivity index (χ0n) is 14.0. The van der Waals surface area contributed by atoms with Gasteiger partial charge in [-0.15, -0.1) is 0 Å². The first-order chi connectivity index (χ1) is 12.7. The first-order valence-electron chi connectivity index (χ1n) is 8.10. The van der Waals surface area contributed by atoms with Gasteiger partial charge in [0, 0.05) is 5.56 Å². The van der Waals surface area contributed by atoms with E-state index in [0.717, 1.165) is 11.1 Å². The lowest BCUT2D eigenvalue weighted by Gasteiger charge is -2.09. The number of halogens is 1. The maximum absolute atomic E-state index is 12.9. The number of para-hydroxylation sites is 1. The van der Waals surface area contributed by atoms with Gasteiger partial charge < -0.3 is 9.15 Å². The zero-order chi connectivity index (χ0) is 18.2. The first-order valence-corrected chi connectivity index (χ1v) is 8.10. The van der Waals surface area contributed by atoms with Crippen molar-refractivity contribution >= 4 is 17.9 Å². The van der Waals surface area contributed by atoms with Gasteiger partial charge in [-0.05, 0) is 60.2 Å². The maximum Gasteiger partial charge on any atom is 0.178 e. The van der Waals surface area contributed by atoms with Gasteiger partial charge >= 0.3 is 0 Å². The van der Waals surface area contributed by atoms with E-state index in [0.29, 0.717) is 18.1 Å². The predicted molar refractivity (Wildman–Crippen MR) is 99.0 cm³/mol. The van der Waals surface area contributed by atoms with Gasteiger partial charge in [-0.25, -0.2) is 4.39 Å². The monoisotopic (exact) mass is 348 g/mol. The highest BCUT2D eigenvalue weighted by molar-refractivity contribution is 6.04. The summed E-state index contributed by atoms with van der Waals surface area (Å²) >= 11 is 0. The molecular formula is C22H17FO3. The molecule has 0 amide bonds. The summed E-state index contributed by atoms with van der Waals surface area (Å²) in [6.45, 7) is 0.317. The molecule has 130 valence electrons. The van der Waals surface area contributed by atoms with Crippen LogP contribution in [0.1, 0.15) is 16.9 Å². The van der Waals surface area contributed by atoms with E-state index in [1.807, 2.05) is 24.3 Å². The Bertz CT molecular complexity index is 907. The van der Waals surface area contributed by atoms with E-state index in [4.69, 9.17) is 9.15 Å². The molecule has 4 heteroatoms. The smallest absolute Gasteiger partial charge is 0.178 e. The average Bonchev–Trinajstić information content (AvgIpc) is 3.18. The number of allylic oxidation sites excluding steroid dienone is 2. The topological polar surface area (TPSA) is 39.4 Å². The van der Waals surface area contributed by atoms with E-state index in [9.17, 15) is 9.18 Å². The van der Waals surface area contributed by atoms with Crippen LogP contribution in [0, 0.1) is 5.82 Å². The number of hydrogen-bond donors (Lipinski definition) is 0. The number of furan rings is 1. The minimum atomic E-state index is -0.279. The summed E-state index contributed by atoms with van der Waals surface area (Å²) in [5, 5.41) is 0. The van der Waals surface area contributed by atoms with E-state index in [1.165, 1.54) is 24.3 Å². The van der Waals surface area contributed by atoms with Crippen LogP contribution in [-0.2, 0) is 11.4 Å². The van der Waals surface area contributed by atoms with Crippen LogP contribution < -0.4 is 4.74 Å². The Labute approximate surface area is 151 Å². The molecule has 1 aromatic heterocycles. The van der Waals surface area contributed by atoms with Gasteiger partial charge in [-0.2, -0.15) is 0 Å². The lowest BCUT2D eigenvalue weighted by Crippen LogP contribution is -1.97. The van der Waals surface area contributed by atoms with Gasteiger partial charge in [0.2, 0.25) is 0 Å². The Morgan fingerprint density at radius 2 is 1.73 bits per heavy atom. The van der Waals surface area contributed by atoms with Gasteiger partial charge in [-0.3, -0.25) is 4.79 Å². The molecule has 0 spiro atoms. The third-order valence-electron chi connectivity index (χ3n) is 3.61. The van der Waals surface area contributed by atoms with Gasteiger partial charge in [0.25, 0.3) is 0 Å². The highest BCUT2D eigenvalue weighted by atomic mass is 19.1. The number of carbonyl (C=O) groups excluding carboxylic acids is 1. The Kier molecular flexibility index (Phi) is 5.78. The van der Waals surface area contributed by atoms with Crippen molar-refractivity contribution in [1.29, 1.82) is 0 Å². The summed E-state index contributed by atoms with van der Waals surface area (Å²) in [6.07, 6.45) is 7.78. The summed E-state index contributed by atoms with van der Waals surface area (Å²) in [6, 6.07) is 17.1. The highest BCUT2D eigenvalue weighted by Crippen LogP contribution is 2.21. The fraction of sp³-hybridized carbons (Fsp3) is 0.0455. The molecule has 3 aromatic rings. The van der Waals surface area contributed by atoms with Crippen LogP contribution >= 0.6 is 0 Å². The first kappa shape index (κ1) is 17.4. The molecule has 3 rings (SSSR count). The summed E-state index contributed by atoms with van der Waals surface area (Å²) in [5.41, 5.74) is 1.65. The molecule has 0 unspecified atom stereocenters. The van der Waals surface area contributed by atoms with Gasteiger partial charge in [0.15, 0.2) is 5.78 Å². The second-order valence-corrected chi connectivity index (χ2v) is 5.54. The third kappa shape index (κ3) is 5.05. The number of hydrogen-bond acceptors (Lipinski definition) is 3. The van der Waals surface area contributed by atoms with E-state index in [-0.39, 0.29) is 11.6 Å². The Morgan fingerprint density at radius 3 is 2.50 bits per heavy atom. The molecule has 0 atom stereocenters. The van der Waals surface area contributed by atoms with Crippen LogP contribution in [0.5, 0.6) is 5.75 Å². The molecule has 0 saturated heterocycles. The van der Waals surface area contributed by atoms with E-state index < -0.39 is 0 Å². The number of rotatable bonds is 7. The normalized spacial score (nSPS) is 11.3. The molecule has 0 aliphatic rings. The van der Waals surface area contributed by atoms with Crippen molar-refractivity contribution in [2.75, 3.05) is 0 Å². The number of ketones is 1. The quantitative estimate of drug-likeness (QED) is 0.544. The average molecular weight is 348 g/mol. The Hall–Kier alpha value is -3.40. The number of ether oxygens (including phenoxy) is 1. The molecule has 2 aromatic carbocycles. The van der Waals surface area contributed by atoms with Crippen LogP contribution in [0.25, 0.3) is 12.2 Å². The molecule has 0 aliphatic carbocycles. The summed E-state index contributed by atoms with van der Waals surface area (Å²) in [5.74, 6) is 0.832. The fourth-order valence-electron chi connectivity index (χ4n) is 2.27. The third-order valence-corrected chi connectivity index (χ3v) is 3.61. The highest BCUT2D eigenvalue weighted by Gasteiger charge is 2.02. The second kappa shape index (κ2) is 8.62. The summed E-state index contributed by atoms with van der Waals surface area (Å²) in [7, 11) is 0. The Morgan fingerprint density at radius 1 is 0.962 bits per heavy atom. The van der Waals surface area contributed by atoms with Crippen molar-refractivity contribution in [1.82, 2.24) is 0 Å². The molecule has 0 radical (unpaired) electrons. The van der Waals surface area contributed by atoms with Crippen molar-refractivity contribution < 1.29 is 18.3 Å². The predicted octanol–water partition coefficient (Wildman–Crippen LogP) is 5.29. The molecular weight excluding hydrogens is 331 g/mol. The van der Waals surface area contributed by atoms with Crippen LogP contribution in [0.15, 0.2) is 83.5 Å². The molecule has 3 nitrogen and oxygen atoms in total. The molecule has 26 heavy (non-hydrogen) atoms. The molecule has 1 heterocycles. The number of carbonyl (C=O) groups is 1. The molecule has 0 fully saturated rings. The second-order valence-electron chi connectivity index (χ2n) is 5.54. The van der Waals surface area contributed by atoms with Crippen molar-refractivity contribution in [3.05, 3.63) is 102 Å². The summed E-state index contributed by atoms with van der Waals surface area (Å²) < 4.78 is 23.9. The largest absolute Gasteiger partial charge is 0.488 e. The fourth-order valence-corrected chi connectivity index (χ4v) is 2.27. The number of benzene rings is 2. The molecule has 0 N–H and O–H groups in total. The van der Waals surface area contributed by atoms with Crippen LogP contribution in [-0.4, -0.2) is 5.78 Å². The van der Waals surface area contributed by atoms with E-state index in [2.05, 4.69) is 0 Å². The zero-order valence-corrected chi connectivity index (χ0v) is 14.0. The minimum absolute atomic E-state index is 0.158. The molecule has 0 bridgehead atoms. The van der Waals surface area contributed by atoms with Gasteiger partial charge in [-0.1, -0.05) is 30.3 Å². The minimum Gasteiger partial charge on any atom is -0.488 e. The lowest BCUT2D eigenvalue weighted by atomic mass is 10.1. The van der Waals surface area contributed by atoms with Crippen LogP contribution in [0.4, 0.5) is 4.39 Å². The standard InChI is InChI=1S/C22H17FO3/c23-19-10-7-17(8-11-19)16-26-22-6-2-1-4-18(22)9-12-20(24)13-14-21-5-3-15-25-21/h1-15H,16H2/b12-9+,14-13+. The maximum atomic E-state index is 12.9. The SMILES string of the molecule is O=C(/C=C/c1ccco1)/C=C/c1ccccc1OCc1ccc(F)cc1. The van der Waals surface area contributed by atoms with Crippen LogP contribution in [0.3, 0.4) is 0 Å². The molecule has 0 saturated carbocycles. The van der Waals surface area contributed by atoms with Crippen molar-refractivity contribution in [3.63, 3.8) is 0 Å². The van der Waals surface area contributed by atoms with Crippen molar-refractivity contribution in [2.45, 2.75) is 6.61 Å². The van der Waals surface area contributed by atoms with Crippen molar-refractivity contribution in [2.24, 2.45) is 0 Å². The molecule has 0 aliphatic heterocycles. The summed E-state index contributed by atoms with van der Waals surface area (Å²) in [4.78, 5) is 11.9. The van der Waals surface area contributed by atoms with Crippen molar-refractivity contribution in [3.8, 4) is 5.75 Å². The Balaban J connectivity index is 1.64. The van der Waals surface area contributed by atoms with E-state index >= 15 is 0 Å². The van der Waals surface area contributed by atoms with Gasteiger partial charge in [0.05, 0.1) is 6.26 Å². The van der Waals surface area contributed by atoms with E-state index in [1.54, 1.807) is 42.7 Å². The lowest BCUT2D eigenvalue weighted by molar-refractivity contribution is -0.110.